The molecule has 0 aromatic rings. The van der Waals surface area contributed by atoms with Gasteiger partial charge in [-0.3, -0.25) is 0 Å². The number of hydrogen-bond acceptors (Lipinski definition) is 3. The standard InChI is InChI=1S/C10H23N3/c1-13(2)9-8-11-7-5-10-4-3-6-12-10/h10-12H,3-9H2,1-2H3. The maximum Gasteiger partial charge on any atom is 0.0101 e. The highest BCUT2D eigenvalue weighted by molar-refractivity contribution is 4.74. The van der Waals surface area contributed by atoms with Gasteiger partial charge in [0, 0.05) is 19.1 Å². The van der Waals surface area contributed by atoms with Gasteiger partial charge in [0.05, 0.1) is 0 Å². The molecule has 0 aromatic heterocycles. The molecule has 1 heterocycles. The van der Waals surface area contributed by atoms with Gasteiger partial charge in [0.2, 0.25) is 0 Å². The number of hydrogen-bond donors (Lipinski definition) is 2. The minimum absolute atomic E-state index is 0.784. The van der Waals surface area contributed by atoms with Crippen LogP contribution in [0.25, 0.3) is 0 Å². The Bertz CT molecular complexity index is 119. The molecule has 0 spiro atoms. The number of rotatable bonds is 6. The summed E-state index contributed by atoms with van der Waals surface area (Å²) in [7, 11) is 4.22. The second-order valence-electron chi connectivity index (χ2n) is 4.14. The van der Waals surface area contributed by atoms with E-state index >= 15 is 0 Å². The summed E-state index contributed by atoms with van der Waals surface area (Å²) in [5.74, 6) is 0. The van der Waals surface area contributed by atoms with Crippen LogP contribution in [0.3, 0.4) is 0 Å². The monoisotopic (exact) mass is 185 g/mol. The average Bonchev–Trinajstić information content (AvgIpc) is 2.55. The minimum atomic E-state index is 0.784. The van der Waals surface area contributed by atoms with Gasteiger partial charge in [-0.2, -0.15) is 0 Å². The Kier molecular flexibility index (Phi) is 5.35. The predicted molar refractivity (Wildman–Crippen MR) is 57.1 cm³/mol. The Labute approximate surface area is 81.9 Å². The highest BCUT2D eigenvalue weighted by Crippen LogP contribution is 2.07. The molecule has 1 aliphatic rings. The van der Waals surface area contributed by atoms with Gasteiger partial charge in [-0.25, -0.2) is 0 Å². The van der Waals surface area contributed by atoms with Crippen molar-refractivity contribution in [2.24, 2.45) is 0 Å². The van der Waals surface area contributed by atoms with Crippen molar-refractivity contribution in [3.05, 3.63) is 0 Å². The first-order chi connectivity index (χ1) is 6.29. The van der Waals surface area contributed by atoms with E-state index in [0.717, 1.165) is 25.7 Å². The maximum atomic E-state index is 3.51. The van der Waals surface area contributed by atoms with Crippen LogP contribution in [0.4, 0.5) is 0 Å². The van der Waals surface area contributed by atoms with Gasteiger partial charge in [0.15, 0.2) is 0 Å². The zero-order chi connectivity index (χ0) is 9.52. The lowest BCUT2D eigenvalue weighted by Gasteiger charge is -2.12. The van der Waals surface area contributed by atoms with Crippen LogP contribution in [-0.2, 0) is 0 Å². The van der Waals surface area contributed by atoms with E-state index in [1.54, 1.807) is 0 Å². The Balaban J connectivity index is 1.83. The molecule has 1 saturated heterocycles. The lowest BCUT2D eigenvalue weighted by atomic mass is 10.1. The fourth-order valence-electron chi connectivity index (χ4n) is 1.71. The fraction of sp³-hybridized carbons (Fsp3) is 1.00. The van der Waals surface area contributed by atoms with Crippen molar-refractivity contribution in [1.82, 2.24) is 15.5 Å². The third-order valence-corrected chi connectivity index (χ3v) is 2.57. The van der Waals surface area contributed by atoms with Crippen LogP contribution in [0.2, 0.25) is 0 Å². The van der Waals surface area contributed by atoms with Gasteiger partial charge in [-0.1, -0.05) is 0 Å². The molecule has 0 aliphatic carbocycles. The Morgan fingerprint density at radius 1 is 1.38 bits per heavy atom. The molecular formula is C10H23N3. The van der Waals surface area contributed by atoms with E-state index in [1.807, 2.05) is 0 Å². The maximum absolute atomic E-state index is 3.51. The molecule has 0 aromatic carbocycles. The van der Waals surface area contributed by atoms with E-state index in [2.05, 4.69) is 29.6 Å². The second kappa shape index (κ2) is 6.35. The largest absolute Gasteiger partial charge is 0.315 e. The molecule has 0 saturated carbocycles. The summed E-state index contributed by atoms with van der Waals surface area (Å²) in [6, 6.07) is 0.784. The molecule has 78 valence electrons. The summed E-state index contributed by atoms with van der Waals surface area (Å²) < 4.78 is 0. The highest BCUT2D eigenvalue weighted by atomic mass is 15.1. The SMILES string of the molecule is CN(C)CCNCCC1CCCN1. The van der Waals surface area contributed by atoms with E-state index in [1.165, 1.54) is 25.8 Å². The summed E-state index contributed by atoms with van der Waals surface area (Å²) in [6.07, 6.45) is 4.02. The summed E-state index contributed by atoms with van der Waals surface area (Å²) in [6.45, 7) is 4.63. The quantitative estimate of drug-likeness (QED) is 0.582. The van der Waals surface area contributed by atoms with Gasteiger partial charge in [0.1, 0.15) is 0 Å². The van der Waals surface area contributed by atoms with E-state index in [0.29, 0.717) is 0 Å². The molecule has 0 radical (unpaired) electrons. The third kappa shape index (κ3) is 5.24. The third-order valence-electron chi connectivity index (χ3n) is 2.57. The van der Waals surface area contributed by atoms with Crippen molar-refractivity contribution in [1.29, 1.82) is 0 Å². The molecule has 3 nitrogen and oxygen atoms in total. The topological polar surface area (TPSA) is 27.3 Å². The van der Waals surface area contributed by atoms with Crippen LogP contribution in [0.1, 0.15) is 19.3 Å². The Morgan fingerprint density at radius 3 is 2.85 bits per heavy atom. The zero-order valence-corrected chi connectivity index (χ0v) is 8.97. The van der Waals surface area contributed by atoms with Crippen molar-refractivity contribution in [3.8, 4) is 0 Å². The van der Waals surface area contributed by atoms with E-state index in [4.69, 9.17) is 0 Å². The van der Waals surface area contributed by atoms with Crippen LogP contribution in [0.15, 0.2) is 0 Å². The fourth-order valence-corrected chi connectivity index (χ4v) is 1.71. The Hall–Kier alpha value is -0.120. The first-order valence-electron chi connectivity index (χ1n) is 5.38. The van der Waals surface area contributed by atoms with Crippen molar-refractivity contribution in [2.75, 3.05) is 40.3 Å². The number of nitrogens with zero attached hydrogens (tertiary/aromatic N) is 1. The number of likely N-dealkylation sites (N-methyl/N-ethyl adjacent to an activating group) is 1. The molecule has 1 fully saturated rings. The summed E-state index contributed by atoms with van der Waals surface area (Å²) in [5, 5.41) is 6.97. The van der Waals surface area contributed by atoms with Crippen LogP contribution < -0.4 is 10.6 Å². The first kappa shape index (κ1) is 11.0. The van der Waals surface area contributed by atoms with Crippen LogP contribution in [0.5, 0.6) is 0 Å². The smallest absolute Gasteiger partial charge is 0.0101 e. The highest BCUT2D eigenvalue weighted by Gasteiger charge is 2.12. The first-order valence-corrected chi connectivity index (χ1v) is 5.38. The second-order valence-corrected chi connectivity index (χ2v) is 4.14. The van der Waals surface area contributed by atoms with E-state index in [9.17, 15) is 0 Å². The zero-order valence-electron chi connectivity index (χ0n) is 8.97. The molecule has 3 heteroatoms. The molecule has 1 rings (SSSR count). The van der Waals surface area contributed by atoms with Crippen LogP contribution >= 0.6 is 0 Å². The molecule has 0 bridgehead atoms. The van der Waals surface area contributed by atoms with Crippen LogP contribution in [0, 0.1) is 0 Å². The molecule has 13 heavy (non-hydrogen) atoms. The van der Waals surface area contributed by atoms with Crippen molar-refractivity contribution >= 4 is 0 Å². The molecular weight excluding hydrogens is 162 g/mol. The lowest BCUT2D eigenvalue weighted by molar-refractivity contribution is 0.396. The van der Waals surface area contributed by atoms with Crippen molar-refractivity contribution in [3.63, 3.8) is 0 Å². The summed E-state index contributed by atoms with van der Waals surface area (Å²) >= 11 is 0. The van der Waals surface area contributed by atoms with Gasteiger partial charge in [-0.15, -0.1) is 0 Å². The van der Waals surface area contributed by atoms with E-state index in [-0.39, 0.29) is 0 Å². The van der Waals surface area contributed by atoms with Gasteiger partial charge in [-0.05, 0) is 46.4 Å². The number of nitrogens with one attached hydrogen (secondary N) is 2. The Morgan fingerprint density at radius 2 is 2.23 bits per heavy atom. The normalized spacial score (nSPS) is 22.8. The molecule has 0 amide bonds. The molecule has 1 unspecified atom stereocenters. The van der Waals surface area contributed by atoms with Crippen molar-refractivity contribution < 1.29 is 0 Å². The van der Waals surface area contributed by atoms with Gasteiger partial charge >= 0.3 is 0 Å². The van der Waals surface area contributed by atoms with Gasteiger partial charge in [0.25, 0.3) is 0 Å². The summed E-state index contributed by atoms with van der Waals surface area (Å²) in [5.41, 5.74) is 0. The lowest BCUT2D eigenvalue weighted by Crippen LogP contribution is -2.31. The molecule has 1 aliphatic heterocycles. The van der Waals surface area contributed by atoms with E-state index < -0.39 is 0 Å². The van der Waals surface area contributed by atoms with Crippen LogP contribution in [-0.4, -0.2) is 51.2 Å². The summed E-state index contributed by atoms with van der Waals surface area (Å²) in [4.78, 5) is 2.21. The predicted octanol–water partition coefficient (Wildman–Crippen LogP) is 0.280. The molecule has 1 atom stereocenters. The van der Waals surface area contributed by atoms with Crippen molar-refractivity contribution in [2.45, 2.75) is 25.3 Å². The minimum Gasteiger partial charge on any atom is -0.315 e. The van der Waals surface area contributed by atoms with Gasteiger partial charge < -0.3 is 15.5 Å². The average molecular weight is 185 g/mol. The molecule has 2 N–H and O–H groups in total.